The van der Waals surface area contributed by atoms with Crippen molar-refractivity contribution < 1.29 is 95.6 Å². The van der Waals surface area contributed by atoms with Gasteiger partial charge >= 0.3 is 53.7 Å². The number of aryl methyl sites for hydroxylation is 1. The molecule has 2 aliphatic carbocycles. The topological polar surface area (TPSA) is 279 Å². The van der Waals surface area contributed by atoms with Gasteiger partial charge in [0.2, 0.25) is 5.60 Å². The Kier molecular flexibility index (Phi) is 13.4. The highest BCUT2D eigenvalue weighted by atomic mass is 16.7. The van der Waals surface area contributed by atoms with E-state index in [0.717, 1.165) is 48.5 Å². The van der Waals surface area contributed by atoms with E-state index >= 15 is 0 Å². The quantitative estimate of drug-likeness (QED) is 0.277. The molecular formula is C45H51NO20. The smallest absolute Gasteiger partial charge is 0.350 e. The molecule has 3 heterocycles. The second-order valence-electron chi connectivity index (χ2n) is 17.3. The number of cyclic esters (lactones) is 1. The van der Waals surface area contributed by atoms with Crippen LogP contribution in [0.5, 0.6) is 0 Å². The van der Waals surface area contributed by atoms with Gasteiger partial charge in [-0.25, -0.2) is 14.4 Å². The molecule has 1 spiro atoms. The van der Waals surface area contributed by atoms with Gasteiger partial charge in [0, 0.05) is 54.2 Å². The van der Waals surface area contributed by atoms with Crippen LogP contribution in [0.3, 0.4) is 0 Å². The van der Waals surface area contributed by atoms with Crippen molar-refractivity contribution in [3.8, 4) is 0 Å². The summed E-state index contributed by atoms with van der Waals surface area (Å²) in [6, 6.07) is 10.2. The average Bonchev–Trinajstić information content (AvgIpc) is 3.45. The first-order chi connectivity index (χ1) is 30.8. The summed E-state index contributed by atoms with van der Waals surface area (Å²) >= 11 is 0. The number of hydrogen-bond donors (Lipinski definition) is 1. The summed E-state index contributed by atoms with van der Waals surface area (Å²) in [5, 5.41) is 13.8. The molecule has 2 aromatic rings. The highest BCUT2D eigenvalue weighted by Gasteiger charge is 2.92. The van der Waals surface area contributed by atoms with E-state index in [1.165, 1.54) is 56.4 Å². The molecule has 1 saturated heterocycles. The molecular weight excluding hydrogens is 874 g/mol. The minimum atomic E-state index is -3.03. The van der Waals surface area contributed by atoms with Crippen LogP contribution in [0.4, 0.5) is 0 Å². The molecule has 4 bridgehead atoms. The first-order valence-electron chi connectivity index (χ1n) is 20.9. The Morgan fingerprint density at radius 3 is 1.89 bits per heavy atom. The van der Waals surface area contributed by atoms with Crippen LogP contribution in [-0.2, 0) is 87.4 Å². The van der Waals surface area contributed by atoms with Gasteiger partial charge in [0.25, 0.3) is 0 Å². The van der Waals surface area contributed by atoms with Crippen molar-refractivity contribution in [1.82, 2.24) is 4.98 Å². The monoisotopic (exact) mass is 925 g/mol. The molecule has 1 aromatic heterocycles. The van der Waals surface area contributed by atoms with Gasteiger partial charge in [-0.05, 0) is 51.5 Å². The third-order valence-corrected chi connectivity index (χ3v) is 12.5. The fourth-order valence-electron chi connectivity index (χ4n) is 10.1. The number of aliphatic hydroxyl groups is 1. The Labute approximate surface area is 377 Å². The van der Waals surface area contributed by atoms with Crippen molar-refractivity contribution in [2.24, 2.45) is 11.3 Å². The van der Waals surface area contributed by atoms with Crippen molar-refractivity contribution in [2.75, 3.05) is 13.2 Å². The van der Waals surface area contributed by atoms with Crippen LogP contribution in [0.25, 0.3) is 0 Å². The first kappa shape index (κ1) is 49.0. The van der Waals surface area contributed by atoms with Gasteiger partial charge in [0.05, 0.1) is 22.7 Å². The van der Waals surface area contributed by atoms with E-state index in [2.05, 4.69) is 4.98 Å². The third kappa shape index (κ3) is 8.44. The van der Waals surface area contributed by atoms with Gasteiger partial charge in [0.1, 0.15) is 42.0 Å². The van der Waals surface area contributed by atoms with Gasteiger partial charge in [0.15, 0.2) is 30.0 Å². The number of benzene rings is 1. The number of pyridine rings is 1. The summed E-state index contributed by atoms with van der Waals surface area (Å²) in [7, 11) is 0. The predicted octanol–water partition coefficient (Wildman–Crippen LogP) is 1.84. The summed E-state index contributed by atoms with van der Waals surface area (Å²) in [6.45, 7) is 7.32. The number of aromatic nitrogens is 1. The predicted molar refractivity (Wildman–Crippen MR) is 216 cm³/mol. The molecule has 12 atom stereocenters. The summed E-state index contributed by atoms with van der Waals surface area (Å²) in [6.07, 6.45) is -12.2. The molecule has 21 heteroatoms. The molecule has 0 radical (unpaired) electrons. The SMILES string of the molecule is CC(=O)OC[C@]12[C@H](OC(C)=O)[C@H](OC(C)=O)[C@@H]3[C@@H](OC(=O)c4ccccc4)[C@@]14O[C@@]3(C)COC(=O)c1cccnc1CCC(C)(OC(C)=O)C(=O)O[C@@H]([C@H](OC(C)=O)[C@@H]2OC(C)=O)[C@]4(C)O. The van der Waals surface area contributed by atoms with E-state index in [0.29, 0.717) is 0 Å². The second-order valence-corrected chi connectivity index (χ2v) is 17.3. The molecule has 1 unspecified atom stereocenters. The Hall–Kier alpha value is -6.48. The zero-order valence-corrected chi connectivity index (χ0v) is 37.6. The minimum absolute atomic E-state index is 0.0691. The van der Waals surface area contributed by atoms with Gasteiger partial charge in [-0.15, -0.1) is 0 Å². The molecule has 6 rings (SSSR count). The maximum absolute atomic E-state index is 14.9. The van der Waals surface area contributed by atoms with Crippen LogP contribution in [0.2, 0.25) is 0 Å². The Morgan fingerprint density at radius 1 is 0.727 bits per heavy atom. The molecule has 2 aliphatic heterocycles. The second kappa shape index (κ2) is 18.1. The molecule has 0 amide bonds. The molecule has 1 aromatic carbocycles. The van der Waals surface area contributed by atoms with Gasteiger partial charge in [-0.1, -0.05) is 18.2 Å². The van der Waals surface area contributed by atoms with Crippen molar-refractivity contribution in [3.05, 3.63) is 65.5 Å². The van der Waals surface area contributed by atoms with E-state index in [-0.39, 0.29) is 23.2 Å². The zero-order chi connectivity index (χ0) is 48.7. The molecule has 1 N–H and O–H groups in total. The van der Waals surface area contributed by atoms with Crippen molar-refractivity contribution in [2.45, 2.75) is 134 Å². The average molecular weight is 926 g/mol. The molecule has 356 valence electrons. The van der Waals surface area contributed by atoms with Gasteiger partial charge in [-0.2, -0.15) is 0 Å². The maximum Gasteiger partial charge on any atom is 0.350 e. The Morgan fingerprint density at radius 2 is 1.32 bits per heavy atom. The summed E-state index contributed by atoms with van der Waals surface area (Å²) in [5.41, 5.74) is -13.3. The molecule has 66 heavy (non-hydrogen) atoms. The Bertz CT molecular complexity index is 2310. The highest BCUT2D eigenvalue weighted by Crippen LogP contribution is 2.70. The molecule has 4 aliphatic rings. The van der Waals surface area contributed by atoms with Crippen LogP contribution in [-0.4, -0.2) is 136 Å². The number of fused-ring (bicyclic) bond motifs is 5. The van der Waals surface area contributed by atoms with Gasteiger partial charge < -0.3 is 52.5 Å². The number of nitrogens with zero attached hydrogens (tertiary/aromatic N) is 1. The van der Waals surface area contributed by atoms with Crippen LogP contribution >= 0.6 is 0 Å². The largest absolute Gasteiger partial charge is 0.465 e. The highest BCUT2D eigenvalue weighted by molar-refractivity contribution is 5.91. The number of esters is 9. The van der Waals surface area contributed by atoms with Crippen LogP contribution in [0.1, 0.15) is 95.1 Å². The fraction of sp³-hybridized carbons (Fsp3) is 0.556. The summed E-state index contributed by atoms with van der Waals surface area (Å²) in [5.74, 6) is -11.6. The number of ether oxygens (including phenoxy) is 10. The number of hydrogen-bond acceptors (Lipinski definition) is 21. The van der Waals surface area contributed by atoms with E-state index < -0.39 is 144 Å². The molecule has 2 saturated carbocycles. The molecule has 21 nitrogen and oxygen atoms in total. The van der Waals surface area contributed by atoms with E-state index in [9.17, 15) is 48.3 Å². The zero-order valence-electron chi connectivity index (χ0n) is 37.6. The van der Waals surface area contributed by atoms with Crippen LogP contribution in [0, 0.1) is 11.3 Å². The number of carbonyl (C=O) groups is 9. The van der Waals surface area contributed by atoms with E-state index in [1.54, 1.807) is 6.07 Å². The standard InChI is InChI=1S/C45H51NO20/c1-22(47)57-21-44-36(61-25(4)50)32(59-23(2)48)31-34(63-38(53)28-14-11-10-12-15-28)45(44)43(9,56)35(33(60-24(3)49)37(44)62-26(5)51)64-40(55)41(7,65-27(6)52)18-17-30-29(16-13-19-46-30)39(54)58-20-42(31,8)66-45/h10-16,19,31-37,56H,17-18,20-21H2,1-9H3/t31-,32-,33+,34-,35+,36-,37+,41?,42+,43+,44-,45+/m1/s1. The normalized spacial score (nSPS) is 34.6. The van der Waals surface area contributed by atoms with Crippen LogP contribution in [0.15, 0.2) is 48.7 Å². The van der Waals surface area contributed by atoms with Crippen molar-refractivity contribution in [3.63, 3.8) is 0 Å². The fourth-order valence-corrected chi connectivity index (χ4v) is 10.1. The van der Waals surface area contributed by atoms with Crippen molar-refractivity contribution >= 4 is 53.7 Å². The lowest BCUT2D eigenvalue weighted by molar-refractivity contribution is -0.386. The number of carbonyl (C=O) groups excluding carboxylic acids is 9. The minimum Gasteiger partial charge on any atom is -0.465 e. The van der Waals surface area contributed by atoms with E-state index in [1.807, 2.05) is 0 Å². The molecule has 3 fully saturated rings. The Balaban J connectivity index is 1.82. The third-order valence-electron chi connectivity index (χ3n) is 12.5. The maximum atomic E-state index is 14.9. The van der Waals surface area contributed by atoms with Crippen LogP contribution < -0.4 is 0 Å². The number of rotatable bonds is 9. The lowest BCUT2D eigenvalue weighted by Gasteiger charge is -2.67. The van der Waals surface area contributed by atoms with Gasteiger partial charge in [-0.3, -0.25) is 33.8 Å². The van der Waals surface area contributed by atoms with Crippen molar-refractivity contribution in [1.29, 1.82) is 0 Å². The lowest BCUT2D eigenvalue weighted by atomic mass is 9.45. The lowest BCUT2D eigenvalue weighted by Crippen LogP contribution is -2.89. The first-order valence-corrected chi connectivity index (χ1v) is 20.9. The summed E-state index contributed by atoms with van der Waals surface area (Å²) < 4.78 is 61.0. The van der Waals surface area contributed by atoms with E-state index in [4.69, 9.17) is 47.4 Å². The summed E-state index contributed by atoms with van der Waals surface area (Å²) in [4.78, 5) is 127.